The molecule has 0 atom stereocenters. The molecule has 0 spiro atoms. The van der Waals surface area contributed by atoms with Crippen molar-refractivity contribution in [2.45, 2.75) is 6.54 Å². The minimum Gasteiger partial charge on any atom is -0.481 e. The van der Waals surface area contributed by atoms with Crippen LogP contribution in [0, 0.1) is 0 Å². The van der Waals surface area contributed by atoms with Crippen molar-refractivity contribution >= 4 is 45.2 Å². The summed E-state index contributed by atoms with van der Waals surface area (Å²) in [7, 11) is 0. The molecule has 2 heterocycles. The molecule has 0 radical (unpaired) electrons. The van der Waals surface area contributed by atoms with Crippen LogP contribution in [-0.4, -0.2) is 44.6 Å². The Kier molecular flexibility index (Phi) is 5.34. The Balaban J connectivity index is 1.85. The molecule has 0 saturated heterocycles. The topological polar surface area (TPSA) is 101 Å². The van der Waals surface area contributed by atoms with Crippen molar-refractivity contribution in [1.29, 1.82) is 0 Å². The van der Waals surface area contributed by atoms with Gasteiger partial charge in [-0.25, -0.2) is 4.98 Å². The van der Waals surface area contributed by atoms with E-state index in [1.807, 2.05) is 0 Å². The maximum atomic E-state index is 12.1. The molecule has 0 unspecified atom stereocenters. The molecule has 0 aromatic carbocycles. The third kappa shape index (κ3) is 4.30. The lowest BCUT2D eigenvalue weighted by Crippen LogP contribution is -2.33. The fourth-order valence-corrected chi connectivity index (χ4v) is 2.93. The summed E-state index contributed by atoms with van der Waals surface area (Å²) in [6.45, 7) is 0.265. The molecule has 1 amide bonds. The van der Waals surface area contributed by atoms with Crippen molar-refractivity contribution in [2.24, 2.45) is 0 Å². The molecule has 7 nitrogen and oxygen atoms in total. The van der Waals surface area contributed by atoms with Crippen molar-refractivity contribution < 1.29 is 14.7 Å². The number of carbonyl (C=O) groups excluding carboxylic acids is 1. The maximum Gasteiger partial charge on any atom is 0.313 e. The van der Waals surface area contributed by atoms with E-state index in [4.69, 9.17) is 5.11 Å². The highest BCUT2D eigenvalue weighted by molar-refractivity contribution is 7.99. The molecule has 2 aromatic rings. The molecular formula is C12H13N3O4S2. The van der Waals surface area contributed by atoms with E-state index in [0.29, 0.717) is 22.5 Å². The second kappa shape index (κ2) is 7.23. The zero-order valence-electron chi connectivity index (χ0n) is 10.9. The number of amides is 1. The molecule has 0 fully saturated rings. The lowest BCUT2D eigenvalue weighted by molar-refractivity contribution is -0.133. The van der Waals surface area contributed by atoms with E-state index in [1.54, 1.807) is 11.4 Å². The number of carboxylic acids is 1. The summed E-state index contributed by atoms with van der Waals surface area (Å²) < 4.78 is 1.26. The highest BCUT2D eigenvalue weighted by atomic mass is 32.2. The van der Waals surface area contributed by atoms with Crippen LogP contribution in [0.25, 0.3) is 10.2 Å². The van der Waals surface area contributed by atoms with E-state index >= 15 is 0 Å². The Morgan fingerprint density at radius 3 is 3.05 bits per heavy atom. The van der Waals surface area contributed by atoms with Crippen LogP contribution in [0.1, 0.15) is 0 Å². The predicted molar refractivity (Wildman–Crippen MR) is 81.9 cm³/mol. The van der Waals surface area contributed by atoms with E-state index in [1.165, 1.54) is 34.0 Å². The predicted octanol–water partition coefficient (Wildman–Crippen LogP) is 0.392. The molecular weight excluding hydrogens is 314 g/mol. The number of aliphatic carboxylic acids is 1. The van der Waals surface area contributed by atoms with Crippen molar-refractivity contribution in [2.75, 3.05) is 18.1 Å². The van der Waals surface area contributed by atoms with Gasteiger partial charge in [-0.1, -0.05) is 0 Å². The van der Waals surface area contributed by atoms with Gasteiger partial charge in [0.25, 0.3) is 5.56 Å². The van der Waals surface area contributed by atoms with Crippen LogP contribution in [0.2, 0.25) is 0 Å². The zero-order valence-corrected chi connectivity index (χ0v) is 12.6. The van der Waals surface area contributed by atoms with E-state index < -0.39 is 5.97 Å². The molecule has 2 N–H and O–H groups in total. The number of rotatable bonds is 7. The number of nitrogens with zero attached hydrogens (tertiary/aromatic N) is 2. The minimum absolute atomic E-state index is 0.00801. The van der Waals surface area contributed by atoms with Gasteiger partial charge in [-0.2, -0.15) is 0 Å². The van der Waals surface area contributed by atoms with Crippen LogP contribution in [0.3, 0.4) is 0 Å². The summed E-state index contributed by atoms with van der Waals surface area (Å²) in [6, 6.07) is 1.69. The van der Waals surface area contributed by atoms with Crippen molar-refractivity contribution in [3.8, 4) is 0 Å². The summed E-state index contributed by atoms with van der Waals surface area (Å²) in [6.07, 6.45) is 1.36. The van der Waals surface area contributed by atoms with Crippen LogP contribution >= 0.6 is 23.1 Å². The van der Waals surface area contributed by atoms with E-state index in [-0.39, 0.29) is 23.8 Å². The lowest BCUT2D eigenvalue weighted by Gasteiger charge is -2.06. The smallest absolute Gasteiger partial charge is 0.313 e. The number of thioether (sulfide) groups is 1. The lowest BCUT2D eigenvalue weighted by atomic mass is 10.4. The first-order valence-corrected chi connectivity index (χ1v) is 8.10. The second-order valence-corrected chi connectivity index (χ2v) is 6.11. The molecule has 2 aromatic heterocycles. The Labute approximate surface area is 128 Å². The highest BCUT2D eigenvalue weighted by Gasteiger charge is 2.08. The van der Waals surface area contributed by atoms with Crippen LogP contribution in [0.5, 0.6) is 0 Å². The fourth-order valence-electron chi connectivity index (χ4n) is 1.64. The molecule has 0 saturated carbocycles. The molecule has 112 valence electrons. The molecule has 21 heavy (non-hydrogen) atoms. The maximum absolute atomic E-state index is 12.1. The number of thiophene rings is 1. The average Bonchev–Trinajstić information content (AvgIpc) is 2.90. The van der Waals surface area contributed by atoms with Crippen LogP contribution < -0.4 is 10.9 Å². The third-order valence-electron chi connectivity index (χ3n) is 2.56. The Hall–Kier alpha value is -1.87. The Morgan fingerprint density at radius 2 is 2.29 bits per heavy atom. The van der Waals surface area contributed by atoms with Crippen molar-refractivity contribution in [1.82, 2.24) is 14.9 Å². The summed E-state index contributed by atoms with van der Waals surface area (Å²) in [5.41, 5.74) is -0.239. The number of hydrogen-bond donors (Lipinski definition) is 2. The Bertz CT molecular complexity index is 710. The molecule has 0 aliphatic rings. The zero-order chi connectivity index (χ0) is 15.2. The standard InChI is InChI=1S/C12H13N3O4S2/c16-9(13-2-4-20-6-10(17)18)5-15-7-14-11-8(12(15)19)1-3-21-11/h1,3,7H,2,4-6H2,(H,13,16)(H,17,18). The number of carboxylic acid groups (broad SMARTS) is 1. The van der Waals surface area contributed by atoms with Crippen molar-refractivity contribution in [3.63, 3.8) is 0 Å². The first kappa shape index (κ1) is 15.5. The summed E-state index contributed by atoms with van der Waals surface area (Å²) in [4.78, 5) is 38.8. The third-order valence-corrected chi connectivity index (χ3v) is 4.32. The summed E-state index contributed by atoms with van der Waals surface area (Å²) >= 11 is 2.60. The monoisotopic (exact) mass is 327 g/mol. The van der Waals surface area contributed by atoms with Crippen LogP contribution in [-0.2, 0) is 16.1 Å². The van der Waals surface area contributed by atoms with Crippen molar-refractivity contribution in [3.05, 3.63) is 28.1 Å². The first-order chi connectivity index (χ1) is 10.1. The van der Waals surface area contributed by atoms with E-state index in [9.17, 15) is 14.4 Å². The van der Waals surface area contributed by atoms with Gasteiger partial charge in [0.2, 0.25) is 5.91 Å². The number of fused-ring (bicyclic) bond motifs is 1. The number of aromatic nitrogens is 2. The number of carbonyl (C=O) groups is 2. The highest BCUT2D eigenvalue weighted by Crippen LogP contribution is 2.13. The number of nitrogens with one attached hydrogen (secondary N) is 1. The van der Waals surface area contributed by atoms with Gasteiger partial charge in [-0.05, 0) is 11.4 Å². The minimum atomic E-state index is -0.881. The SMILES string of the molecule is O=C(O)CSCCNC(=O)Cn1cnc2sccc2c1=O. The molecule has 9 heteroatoms. The summed E-state index contributed by atoms with van der Waals surface area (Å²) in [5.74, 6) is -0.666. The molecule has 0 bridgehead atoms. The quantitative estimate of drug-likeness (QED) is 0.714. The van der Waals surface area contributed by atoms with Crippen LogP contribution in [0.15, 0.2) is 22.6 Å². The number of hydrogen-bond acceptors (Lipinski definition) is 6. The van der Waals surface area contributed by atoms with Gasteiger partial charge < -0.3 is 10.4 Å². The molecule has 0 aliphatic carbocycles. The van der Waals surface area contributed by atoms with Gasteiger partial charge in [0.1, 0.15) is 11.4 Å². The molecule has 0 aliphatic heterocycles. The summed E-state index contributed by atoms with van der Waals surface area (Å²) in [5, 5.41) is 13.4. The van der Waals surface area contributed by atoms with E-state index in [2.05, 4.69) is 10.3 Å². The Morgan fingerprint density at radius 1 is 1.48 bits per heavy atom. The van der Waals surface area contributed by atoms with Gasteiger partial charge in [0.15, 0.2) is 0 Å². The molecule has 2 rings (SSSR count). The largest absolute Gasteiger partial charge is 0.481 e. The normalized spacial score (nSPS) is 10.7. The fraction of sp³-hybridized carbons (Fsp3) is 0.333. The average molecular weight is 327 g/mol. The van der Waals surface area contributed by atoms with Gasteiger partial charge in [-0.15, -0.1) is 23.1 Å². The van der Waals surface area contributed by atoms with E-state index in [0.717, 1.165) is 0 Å². The van der Waals surface area contributed by atoms with Gasteiger partial charge in [-0.3, -0.25) is 19.0 Å². The van der Waals surface area contributed by atoms with Crippen LogP contribution in [0.4, 0.5) is 0 Å². The first-order valence-electron chi connectivity index (χ1n) is 6.07. The van der Waals surface area contributed by atoms with Gasteiger partial charge in [0.05, 0.1) is 17.5 Å². The van der Waals surface area contributed by atoms with Gasteiger partial charge in [0, 0.05) is 12.3 Å². The second-order valence-electron chi connectivity index (χ2n) is 4.11. The van der Waals surface area contributed by atoms with Gasteiger partial charge >= 0.3 is 5.97 Å².